The standard InChI is InChI=1S/C26H37NO4/c1-26(2,3)21-8-12-23(13-9-21)31-24-11-7-18-14-22(10-6-19(18)15-24)27(4)16-20(17-28)25(29)30-5/h6-7,10-11,14-15,20-21,23,28H,8-9,12-13,16-17H2,1-5H3/t20?,21-,23-. The van der Waals surface area contributed by atoms with E-state index in [9.17, 15) is 9.90 Å². The average molecular weight is 428 g/mol. The first kappa shape index (κ1) is 23.4. The molecule has 0 heterocycles. The van der Waals surface area contributed by atoms with E-state index in [0.29, 0.717) is 18.1 Å². The number of benzene rings is 2. The molecule has 5 nitrogen and oxygen atoms in total. The molecule has 31 heavy (non-hydrogen) atoms. The molecular weight excluding hydrogens is 390 g/mol. The lowest BCUT2D eigenvalue weighted by Gasteiger charge is -2.37. The van der Waals surface area contributed by atoms with Crippen LogP contribution in [0.15, 0.2) is 36.4 Å². The molecule has 0 aromatic heterocycles. The summed E-state index contributed by atoms with van der Waals surface area (Å²) < 4.78 is 11.1. The zero-order chi connectivity index (χ0) is 22.6. The molecule has 1 fully saturated rings. The molecule has 1 saturated carbocycles. The summed E-state index contributed by atoms with van der Waals surface area (Å²) in [6, 6.07) is 12.5. The van der Waals surface area contributed by atoms with E-state index in [1.54, 1.807) is 0 Å². The first-order valence-corrected chi connectivity index (χ1v) is 11.3. The van der Waals surface area contributed by atoms with E-state index < -0.39 is 11.9 Å². The van der Waals surface area contributed by atoms with Crippen molar-refractivity contribution in [2.24, 2.45) is 17.3 Å². The molecule has 0 saturated heterocycles. The van der Waals surface area contributed by atoms with Gasteiger partial charge in [-0.3, -0.25) is 4.79 Å². The molecule has 0 radical (unpaired) electrons. The van der Waals surface area contributed by atoms with Gasteiger partial charge in [0.25, 0.3) is 0 Å². The Morgan fingerprint density at radius 3 is 2.35 bits per heavy atom. The van der Waals surface area contributed by atoms with Crippen LogP contribution in [0.5, 0.6) is 5.75 Å². The van der Waals surface area contributed by atoms with Gasteiger partial charge >= 0.3 is 5.97 Å². The number of fused-ring (bicyclic) bond motifs is 1. The van der Waals surface area contributed by atoms with Crippen molar-refractivity contribution < 1.29 is 19.4 Å². The summed E-state index contributed by atoms with van der Waals surface area (Å²) in [6.45, 7) is 7.18. The lowest BCUT2D eigenvalue weighted by molar-refractivity contribution is -0.146. The van der Waals surface area contributed by atoms with Crippen LogP contribution >= 0.6 is 0 Å². The van der Waals surface area contributed by atoms with Crippen molar-refractivity contribution in [3.8, 4) is 5.75 Å². The Balaban J connectivity index is 1.64. The summed E-state index contributed by atoms with van der Waals surface area (Å²) in [7, 11) is 3.26. The van der Waals surface area contributed by atoms with Crippen LogP contribution in [-0.4, -0.2) is 44.5 Å². The molecule has 1 aliphatic rings. The molecule has 1 unspecified atom stereocenters. The van der Waals surface area contributed by atoms with Crippen LogP contribution in [0.3, 0.4) is 0 Å². The van der Waals surface area contributed by atoms with Crippen LogP contribution in [0.1, 0.15) is 46.5 Å². The summed E-state index contributed by atoms with van der Waals surface area (Å²) in [6.07, 6.45) is 5.01. The Morgan fingerprint density at radius 1 is 1.10 bits per heavy atom. The average Bonchev–Trinajstić information content (AvgIpc) is 2.76. The Morgan fingerprint density at radius 2 is 1.74 bits per heavy atom. The first-order chi connectivity index (χ1) is 14.7. The number of carbonyl (C=O) groups is 1. The summed E-state index contributed by atoms with van der Waals surface area (Å²) in [5, 5.41) is 11.7. The van der Waals surface area contributed by atoms with Gasteiger partial charge in [0, 0.05) is 19.3 Å². The molecule has 0 aliphatic heterocycles. The molecule has 3 rings (SSSR count). The number of rotatable bonds is 7. The van der Waals surface area contributed by atoms with Gasteiger partial charge in [-0.2, -0.15) is 0 Å². The third-order valence-corrected chi connectivity index (χ3v) is 6.69. The number of anilines is 1. The predicted molar refractivity (Wildman–Crippen MR) is 126 cm³/mol. The lowest BCUT2D eigenvalue weighted by atomic mass is 9.72. The number of ether oxygens (including phenoxy) is 2. The molecule has 2 aromatic carbocycles. The maximum Gasteiger partial charge on any atom is 0.312 e. The van der Waals surface area contributed by atoms with E-state index in [2.05, 4.69) is 45.0 Å². The van der Waals surface area contributed by atoms with Crippen molar-refractivity contribution in [2.75, 3.05) is 32.2 Å². The van der Waals surface area contributed by atoms with Crippen molar-refractivity contribution >= 4 is 22.4 Å². The second-order valence-corrected chi connectivity index (χ2v) is 9.93. The van der Waals surface area contributed by atoms with Crippen LogP contribution in [-0.2, 0) is 9.53 Å². The molecule has 5 heteroatoms. The maximum absolute atomic E-state index is 11.8. The fourth-order valence-corrected chi connectivity index (χ4v) is 4.57. The summed E-state index contributed by atoms with van der Waals surface area (Å²) in [5.74, 6) is 0.756. The summed E-state index contributed by atoms with van der Waals surface area (Å²) in [4.78, 5) is 13.7. The largest absolute Gasteiger partial charge is 0.490 e. The first-order valence-electron chi connectivity index (χ1n) is 11.3. The normalized spacial score (nSPS) is 20.3. The monoisotopic (exact) mass is 427 g/mol. The van der Waals surface area contributed by atoms with Gasteiger partial charge in [-0.25, -0.2) is 0 Å². The number of aliphatic hydroxyl groups excluding tert-OH is 1. The minimum atomic E-state index is -0.560. The molecule has 0 bridgehead atoms. The van der Waals surface area contributed by atoms with Crippen LogP contribution in [0.2, 0.25) is 0 Å². The van der Waals surface area contributed by atoms with Crippen molar-refractivity contribution in [2.45, 2.75) is 52.6 Å². The van der Waals surface area contributed by atoms with Crippen LogP contribution in [0, 0.1) is 17.3 Å². The van der Waals surface area contributed by atoms with E-state index in [-0.39, 0.29) is 6.61 Å². The van der Waals surface area contributed by atoms with Crippen molar-refractivity contribution in [1.29, 1.82) is 0 Å². The number of aliphatic hydroxyl groups is 1. The van der Waals surface area contributed by atoms with Gasteiger partial charge in [-0.1, -0.05) is 32.9 Å². The van der Waals surface area contributed by atoms with Crippen molar-refractivity contribution in [3.63, 3.8) is 0 Å². The van der Waals surface area contributed by atoms with E-state index >= 15 is 0 Å². The molecule has 0 spiro atoms. The third-order valence-electron chi connectivity index (χ3n) is 6.69. The molecular formula is C26H37NO4. The summed E-state index contributed by atoms with van der Waals surface area (Å²) >= 11 is 0. The van der Waals surface area contributed by atoms with E-state index in [0.717, 1.165) is 41.0 Å². The van der Waals surface area contributed by atoms with Crippen LogP contribution in [0.25, 0.3) is 10.8 Å². The van der Waals surface area contributed by atoms with Gasteiger partial charge in [-0.05, 0) is 72.1 Å². The van der Waals surface area contributed by atoms with E-state index in [1.165, 1.54) is 20.0 Å². The van der Waals surface area contributed by atoms with Gasteiger partial charge in [0.2, 0.25) is 0 Å². The molecule has 1 aliphatic carbocycles. The highest BCUT2D eigenvalue weighted by Crippen LogP contribution is 2.39. The van der Waals surface area contributed by atoms with Crippen molar-refractivity contribution in [1.82, 2.24) is 0 Å². The number of esters is 1. The van der Waals surface area contributed by atoms with Crippen molar-refractivity contribution in [3.05, 3.63) is 36.4 Å². The fraction of sp³-hybridized carbons (Fsp3) is 0.577. The SMILES string of the molecule is COC(=O)C(CO)CN(C)c1ccc2cc(O[C@H]3CC[C@H](C(C)(C)C)CC3)ccc2c1. The van der Waals surface area contributed by atoms with Gasteiger partial charge in [0.15, 0.2) is 0 Å². The van der Waals surface area contributed by atoms with Crippen LogP contribution in [0.4, 0.5) is 5.69 Å². The minimum absolute atomic E-state index is 0.233. The smallest absolute Gasteiger partial charge is 0.312 e. The number of hydrogen-bond donors (Lipinski definition) is 1. The zero-order valence-corrected chi connectivity index (χ0v) is 19.6. The quantitative estimate of drug-likeness (QED) is 0.627. The zero-order valence-electron chi connectivity index (χ0n) is 19.6. The molecule has 2 aromatic rings. The second kappa shape index (κ2) is 9.90. The Labute approximate surface area is 186 Å². The maximum atomic E-state index is 11.8. The van der Waals surface area contributed by atoms with Gasteiger partial charge < -0.3 is 19.5 Å². The van der Waals surface area contributed by atoms with Crippen LogP contribution < -0.4 is 9.64 Å². The predicted octanol–water partition coefficient (Wildman–Crippen LogP) is 5.04. The van der Waals surface area contributed by atoms with Gasteiger partial charge in [0.1, 0.15) is 5.75 Å². The Kier molecular flexibility index (Phi) is 7.47. The van der Waals surface area contributed by atoms with E-state index in [1.807, 2.05) is 24.1 Å². The highest BCUT2D eigenvalue weighted by Gasteiger charge is 2.30. The Hall–Kier alpha value is -2.27. The molecule has 0 amide bonds. The second-order valence-electron chi connectivity index (χ2n) is 9.93. The highest BCUT2D eigenvalue weighted by atomic mass is 16.5. The molecule has 170 valence electrons. The highest BCUT2D eigenvalue weighted by molar-refractivity contribution is 5.87. The third kappa shape index (κ3) is 5.91. The van der Waals surface area contributed by atoms with Gasteiger partial charge in [0.05, 0.1) is 25.7 Å². The van der Waals surface area contributed by atoms with Gasteiger partial charge in [-0.15, -0.1) is 0 Å². The number of methoxy groups -OCH3 is 1. The molecule has 1 N–H and O–H groups in total. The number of nitrogens with zero attached hydrogens (tertiary/aromatic N) is 1. The minimum Gasteiger partial charge on any atom is -0.490 e. The summed E-state index contributed by atoms with van der Waals surface area (Å²) in [5.41, 5.74) is 1.37. The fourth-order valence-electron chi connectivity index (χ4n) is 4.57. The topological polar surface area (TPSA) is 59.0 Å². The number of carbonyl (C=O) groups excluding carboxylic acids is 1. The number of hydrogen-bond acceptors (Lipinski definition) is 5. The van der Waals surface area contributed by atoms with E-state index in [4.69, 9.17) is 9.47 Å². The lowest BCUT2D eigenvalue weighted by Crippen LogP contribution is -2.33. The Bertz CT molecular complexity index is 881. The molecule has 1 atom stereocenters.